The number of azide groups is 1. The number of carbonyl (C=O) groups excluding carboxylic acids is 1. The molecule has 0 spiro atoms. The highest BCUT2D eigenvalue weighted by Crippen LogP contribution is 2.32. The van der Waals surface area contributed by atoms with Crippen molar-refractivity contribution in [3.05, 3.63) is 39.4 Å². The highest BCUT2D eigenvalue weighted by atomic mass is 35.5. The number of nitrogens with zero attached hydrogens (tertiary/aromatic N) is 4. The maximum Gasteiger partial charge on any atom is 0.256 e. The van der Waals surface area contributed by atoms with Gasteiger partial charge in [0.1, 0.15) is 5.15 Å². The lowest BCUT2D eigenvalue weighted by Gasteiger charge is -1.96. The zero-order chi connectivity index (χ0) is 12.6. The molecule has 0 saturated heterocycles. The molecular formula is C10H6Cl2N4O. The van der Waals surface area contributed by atoms with Crippen molar-refractivity contribution < 1.29 is 4.79 Å². The molecule has 1 aromatic carbocycles. The molecular weight excluding hydrogens is 263 g/mol. The lowest BCUT2D eigenvalue weighted by atomic mass is 10.2. The van der Waals surface area contributed by atoms with E-state index in [1.165, 1.54) is 0 Å². The van der Waals surface area contributed by atoms with Crippen LogP contribution >= 0.6 is 23.2 Å². The van der Waals surface area contributed by atoms with Gasteiger partial charge in [0.25, 0.3) is 5.24 Å². The van der Waals surface area contributed by atoms with E-state index >= 15 is 0 Å². The molecule has 1 heterocycles. The van der Waals surface area contributed by atoms with E-state index in [1.807, 2.05) is 0 Å². The van der Waals surface area contributed by atoms with Crippen molar-refractivity contribution in [2.24, 2.45) is 12.2 Å². The Labute approximate surface area is 106 Å². The molecule has 5 nitrogen and oxygen atoms in total. The van der Waals surface area contributed by atoms with Crippen molar-refractivity contribution in [1.29, 1.82) is 0 Å². The van der Waals surface area contributed by atoms with Crippen molar-refractivity contribution in [2.45, 2.75) is 0 Å². The minimum Gasteiger partial charge on any atom is -0.334 e. The fourth-order valence-electron chi connectivity index (χ4n) is 1.70. The maximum absolute atomic E-state index is 11.3. The third kappa shape index (κ3) is 1.85. The first-order valence-corrected chi connectivity index (χ1v) is 5.34. The molecule has 0 bridgehead atoms. The molecule has 7 heteroatoms. The fraction of sp³-hybridized carbons (Fsp3) is 0.100. The Morgan fingerprint density at radius 3 is 2.82 bits per heavy atom. The van der Waals surface area contributed by atoms with E-state index in [1.54, 1.807) is 29.8 Å². The van der Waals surface area contributed by atoms with Gasteiger partial charge in [0, 0.05) is 28.5 Å². The van der Waals surface area contributed by atoms with Crippen LogP contribution in [0.4, 0.5) is 5.69 Å². The van der Waals surface area contributed by atoms with Gasteiger partial charge in [-0.25, -0.2) is 0 Å². The SMILES string of the molecule is Cn1c(Cl)c(C(=O)Cl)c2cc(N=[N+]=[N-])ccc21. The number of halogens is 2. The zero-order valence-electron chi connectivity index (χ0n) is 8.69. The third-order valence-electron chi connectivity index (χ3n) is 2.47. The van der Waals surface area contributed by atoms with Crippen molar-refractivity contribution in [2.75, 3.05) is 0 Å². The number of benzene rings is 1. The van der Waals surface area contributed by atoms with E-state index in [4.69, 9.17) is 28.7 Å². The highest BCUT2D eigenvalue weighted by Gasteiger charge is 2.18. The van der Waals surface area contributed by atoms with Gasteiger partial charge in [0.05, 0.1) is 5.56 Å². The van der Waals surface area contributed by atoms with Gasteiger partial charge in [-0.2, -0.15) is 0 Å². The second-order valence-electron chi connectivity index (χ2n) is 3.39. The fourth-order valence-corrected chi connectivity index (χ4v) is 2.22. The molecule has 0 radical (unpaired) electrons. The Balaban J connectivity index is 2.87. The van der Waals surface area contributed by atoms with Crippen LogP contribution < -0.4 is 0 Å². The summed E-state index contributed by atoms with van der Waals surface area (Å²) >= 11 is 11.5. The summed E-state index contributed by atoms with van der Waals surface area (Å²) in [6.45, 7) is 0. The number of rotatable bonds is 2. The summed E-state index contributed by atoms with van der Waals surface area (Å²) in [5.74, 6) is 0. The number of aromatic nitrogens is 1. The van der Waals surface area contributed by atoms with Crippen LogP contribution in [0.2, 0.25) is 5.15 Å². The number of hydrogen-bond acceptors (Lipinski definition) is 2. The van der Waals surface area contributed by atoms with E-state index in [9.17, 15) is 4.79 Å². The lowest BCUT2D eigenvalue weighted by Crippen LogP contribution is -1.90. The van der Waals surface area contributed by atoms with Gasteiger partial charge in [-0.15, -0.1) is 0 Å². The molecule has 86 valence electrons. The Bertz CT molecular complexity index is 670. The lowest BCUT2D eigenvalue weighted by molar-refractivity contribution is 0.108. The first kappa shape index (κ1) is 11.8. The molecule has 2 aromatic rings. The van der Waals surface area contributed by atoms with Crippen LogP contribution in [0.3, 0.4) is 0 Å². The second kappa shape index (κ2) is 4.30. The summed E-state index contributed by atoms with van der Waals surface area (Å²) in [7, 11) is 1.72. The standard InChI is InChI=1S/C10H6Cl2N4O/c1-16-7-3-2-5(14-15-13)4-6(7)8(9(16)11)10(12)17/h2-4H,1H3. The molecule has 0 saturated carbocycles. The molecule has 1 aromatic heterocycles. The summed E-state index contributed by atoms with van der Waals surface area (Å²) in [5, 5.41) is 3.66. The molecule has 0 amide bonds. The van der Waals surface area contributed by atoms with E-state index in [0.717, 1.165) is 5.52 Å². The second-order valence-corrected chi connectivity index (χ2v) is 4.09. The Kier molecular flexibility index (Phi) is 2.98. The van der Waals surface area contributed by atoms with Gasteiger partial charge in [0.2, 0.25) is 0 Å². The molecule has 0 atom stereocenters. The van der Waals surface area contributed by atoms with Gasteiger partial charge in [-0.1, -0.05) is 22.8 Å². The normalized spacial score (nSPS) is 10.3. The van der Waals surface area contributed by atoms with E-state index in [0.29, 0.717) is 11.1 Å². The summed E-state index contributed by atoms with van der Waals surface area (Å²) in [5.41, 5.74) is 9.74. The Morgan fingerprint density at radius 1 is 1.53 bits per heavy atom. The van der Waals surface area contributed by atoms with Crippen LogP contribution in [0.5, 0.6) is 0 Å². The summed E-state index contributed by atoms with van der Waals surface area (Å²) in [4.78, 5) is 14.0. The minimum atomic E-state index is -0.640. The first-order valence-electron chi connectivity index (χ1n) is 4.59. The first-order chi connectivity index (χ1) is 8.06. The van der Waals surface area contributed by atoms with E-state index in [-0.39, 0.29) is 10.7 Å². The van der Waals surface area contributed by atoms with E-state index < -0.39 is 5.24 Å². The summed E-state index contributed by atoms with van der Waals surface area (Å²) in [6.07, 6.45) is 0. The number of fused-ring (bicyclic) bond motifs is 1. The van der Waals surface area contributed by atoms with Crippen molar-refractivity contribution in [3.63, 3.8) is 0 Å². The van der Waals surface area contributed by atoms with Gasteiger partial charge >= 0.3 is 0 Å². The molecule has 0 fully saturated rings. The summed E-state index contributed by atoms with van der Waals surface area (Å²) in [6, 6.07) is 4.94. The number of hydrogen-bond donors (Lipinski definition) is 0. The van der Waals surface area contributed by atoms with Crippen LogP contribution in [0.1, 0.15) is 10.4 Å². The largest absolute Gasteiger partial charge is 0.334 e. The van der Waals surface area contributed by atoms with Crippen LogP contribution in [0.25, 0.3) is 21.3 Å². The monoisotopic (exact) mass is 268 g/mol. The molecule has 0 N–H and O–H groups in total. The molecule has 0 aliphatic rings. The third-order valence-corrected chi connectivity index (χ3v) is 3.10. The Morgan fingerprint density at radius 2 is 2.24 bits per heavy atom. The van der Waals surface area contributed by atoms with Crippen LogP contribution in [-0.4, -0.2) is 9.81 Å². The molecule has 2 rings (SSSR count). The number of carbonyl (C=O) groups is 1. The zero-order valence-corrected chi connectivity index (χ0v) is 10.2. The number of aryl methyl sites for hydroxylation is 1. The van der Waals surface area contributed by atoms with Gasteiger partial charge in [-0.3, -0.25) is 4.79 Å². The predicted molar refractivity (Wildman–Crippen MR) is 66.9 cm³/mol. The van der Waals surface area contributed by atoms with Gasteiger partial charge in [0.15, 0.2) is 0 Å². The predicted octanol–water partition coefficient (Wildman–Crippen LogP) is 4.15. The van der Waals surface area contributed by atoms with Crippen LogP contribution in [0.15, 0.2) is 23.3 Å². The highest BCUT2D eigenvalue weighted by molar-refractivity contribution is 6.69. The molecule has 0 aliphatic heterocycles. The quantitative estimate of drug-likeness (QED) is 0.349. The van der Waals surface area contributed by atoms with Gasteiger partial charge in [-0.05, 0) is 29.3 Å². The van der Waals surface area contributed by atoms with Crippen molar-refractivity contribution >= 4 is 45.0 Å². The molecule has 17 heavy (non-hydrogen) atoms. The van der Waals surface area contributed by atoms with Crippen molar-refractivity contribution in [3.8, 4) is 0 Å². The van der Waals surface area contributed by atoms with E-state index in [2.05, 4.69) is 10.0 Å². The van der Waals surface area contributed by atoms with Crippen molar-refractivity contribution in [1.82, 2.24) is 4.57 Å². The van der Waals surface area contributed by atoms with Crippen LogP contribution in [-0.2, 0) is 7.05 Å². The Hall–Kier alpha value is -1.68. The average Bonchev–Trinajstić information content (AvgIpc) is 2.52. The smallest absolute Gasteiger partial charge is 0.256 e. The van der Waals surface area contributed by atoms with Gasteiger partial charge < -0.3 is 4.57 Å². The molecule has 0 unspecified atom stereocenters. The summed E-state index contributed by atoms with van der Waals surface area (Å²) < 4.78 is 1.65. The average molecular weight is 269 g/mol. The maximum atomic E-state index is 11.3. The molecule has 0 aliphatic carbocycles. The topological polar surface area (TPSA) is 70.8 Å². The van der Waals surface area contributed by atoms with Crippen LogP contribution in [0, 0.1) is 0 Å². The minimum absolute atomic E-state index is 0.223.